The molecule has 0 bridgehead atoms. The zero-order valence-electron chi connectivity index (χ0n) is 8.99. The highest BCUT2D eigenvalue weighted by Gasteiger charge is 2.16. The fraction of sp³-hybridized carbons (Fsp3) is 0.500. The largest absolute Gasteiger partial charge is 0.488 e. The predicted octanol–water partition coefficient (Wildman–Crippen LogP) is 3.11. The van der Waals surface area contributed by atoms with Gasteiger partial charge in [0.25, 0.3) is 0 Å². The van der Waals surface area contributed by atoms with Crippen molar-refractivity contribution in [3.8, 4) is 5.75 Å². The summed E-state index contributed by atoms with van der Waals surface area (Å²) in [7, 11) is 0. The van der Waals surface area contributed by atoms with E-state index in [0.29, 0.717) is 5.02 Å². The summed E-state index contributed by atoms with van der Waals surface area (Å²) in [6.45, 7) is 0.0132. The summed E-state index contributed by atoms with van der Waals surface area (Å²) in [5, 5.41) is 9.56. The first-order chi connectivity index (χ1) is 7.79. The highest BCUT2D eigenvalue weighted by molar-refractivity contribution is 7.99. The number of hydrogen-bond donors (Lipinski definition) is 1. The van der Waals surface area contributed by atoms with Crippen LogP contribution in [0.3, 0.4) is 0 Å². The molecule has 4 heteroatoms. The molecular weight excluding hydrogens is 244 g/mol. The molecule has 0 aliphatic carbocycles. The van der Waals surface area contributed by atoms with Gasteiger partial charge in [-0.3, -0.25) is 0 Å². The van der Waals surface area contributed by atoms with Crippen LogP contribution in [-0.2, 0) is 6.61 Å². The standard InChI is InChI=1S/C12H15ClO2S/c13-11-6-9(7-14)3-4-12(11)15-10-2-1-5-16-8-10/h3-4,6,10,14H,1-2,5,7-8H2. The van der Waals surface area contributed by atoms with Crippen molar-refractivity contribution in [2.24, 2.45) is 0 Å². The topological polar surface area (TPSA) is 29.5 Å². The van der Waals surface area contributed by atoms with Crippen molar-refractivity contribution in [2.45, 2.75) is 25.6 Å². The number of aliphatic hydroxyl groups is 1. The Balaban J connectivity index is 2.03. The van der Waals surface area contributed by atoms with E-state index in [1.165, 1.54) is 12.2 Å². The fourth-order valence-electron chi connectivity index (χ4n) is 1.72. The summed E-state index contributed by atoms with van der Waals surface area (Å²) in [6.07, 6.45) is 2.59. The Hall–Kier alpha value is -0.380. The summed E-state index contributed by atoms with van der Waals surface area (Å²) < 4.78 is 5.85. The van der Waals surface area contributed by atoms with E-state index in [0.717, 1.165) is 23.5 Å². The fourth-order valence-corrected chi connectivity index (χ4v) is 3.00. The van der Waals surface area contributed by atoms with Gasteiger partial charge in [-0.05, 0) is 36.3 Å². The average Bonchev–Trinajstić information content (AvgIpc) is 2.33. The highest BCUT2D eigenvalue weighted by atomic mass is 35.5. The second kappa shape index (κ2) is 5.80. The number of benzene rings is 1. The van der Waals surface area contributed by atoms with Crippen LogP contribution in [0.5, 0.6) is 5.75 Å². The highest BCUT2D eigenvalue weighted by Crippen LogP contribution is 2.29. The van der Waals surface area contributed by atoms with Crippen molar-refractivity contribution < 1.29 is 9.84 Å². The molecular formula is C12H15ClO2S. The Morgan fingerprint density at radius 3 is 3.00 bits per heavy atom. The molecule has 0 spiro atoms. The molecule has 1 saturated heterocycles. The maximum atomic E-state index is 8.97. The van der Waals surface area contributed by atoms with Gasteiger partial charge in [-0.15, -0.1) is 0 Å². The molecule has 1 aliphatic rings. The van der Waals surface area contributed by atoms with Crippen molar-refractivity contribution in [1.82, 2.24) is 0 Å². The quantitative estimate of drug-likeness (QED) is 0.903. The van der Waals surface area contributed by atoms with Gasteiger partial charge in [0.2, 0.25) is 0 Å². The van der Waals surface area contributed by atoms with Crippen LogP contribution in [0.15, 0.2) is 18.2 Å². The molecule has 1 N–H and O–H groups in total. The normalized spacial score (nSPS) is 20.8. The third kappa shape index (κ3) is 3.06. The molecule has 1 atom stereocenters. The molecule has 0 saturated carbocycles. The zero-order valence-corrected chi connectivity index (χ0v) is 10.6. The monoisotopic (exact) mass is 258 g/mol. The molecule has 16 heavy (non-hydrogen) atoms. The molecule has 1 aromatic rings. The molecule has 88 valence electrons. The van der Waals surface area contributed by atoms with Gasteiger partial charge in [-0.25, -0.2) is 0 Å². The van der Waals surface area contributed by atoms with Gasteiger partial charge in [-0.2, -0.15) is 11.8 Å². The predicted molar refractivity (Wildman–Crippen MR) is 68.3 cm³/mol. The molecule has 2 rings (SSSR count). The lowest BCUT2D eigenvalue weighted by Gasteiger charge is -2.23. The van der Waals surface area contributed by atoms with Crippen molar-refractivity contribution in [1.29, 1.82) is 0 Å². The molecule has 2 nitrogen and oxygen atoms in total. The Morgan fingerprint density at radius 1 is 1.50 bits per heavy atom. The van der Waals surface area contributed by atoms with Gasteiger partial charge in [0, 0.05) is 5.75 Å². The summed E-state index contributed by atoms with van der Waals surface area (Å²) in [5.41, 5.74) is 0.815. The molecule has 1 unspecified atom stereocenters. The molecule has 1 fully saturated rings. The van der Waals surface area contributed by atoms with E-state index in [1.807, 2.05) is 23.9 Å². The molecule has 1 aromatic carbocycles. The van der Waals surface area contributed by atoms with Crippen LogP contribution in [0.1, 0.15) is 18.4 Å². The minimum Gasteiger partial charge on any atom is -0.488 e. The average molecular weight is 259 g/mol. The van der Waals surface area contributed by atoms with E-state index in [1.54, 1.807) is 6.07 Å². The molecule has 0 aromatic heterocycles. The summed E-state index contributed by atoms with van der Waals surface area (Å²) in [4.78, 5) is 0. The van der Waals surface area contributed by atoms with E-state index in [4.69, 9.17) is 21.4 Å². The van der Waals surface area contributed by atoms with E-state index in [9.17, 15) is 0 Å². The number of thioether (sulfide) groups is 1. The van der Waals surface area contributed by atoms with Gasteiger partial charge in [0.05, 0.1) is 11.6 Å². The van der Waals surface area contributed by atoms with Gasteiger partial charge in [0.1, 0.15) is 11.9 Å². The Morgan fingerprint density at radius 2 is 2.38 bits per heavy atom. The number of aliphatic hydroxyl groups excluding tert-OH is 1. The van der Waals surface area contributed by atoms with Crippen molar-refractivity contribution in [3.05, 3.63) is 28.8 Å². The Kier molecular flexibility index (Phi) is 4.38. The second-order valence-corrected chi connectivity index (χ2v) is 5.44. The summed E-state index contributed by atoms with van der Waals surface area (Å²) in [5.74, 6) is 3.00. The van der Waals surface area contributed by atoms with Crippen molar-refractivity contribution >= 4 is 23.4 Å². The Labute approximate surface area is 105 Å². The van der Waals surface area contributed by atoms with Crippen LogP contribution in [0.4, 0.5) is 0 Å². The summed E-state index contributed by atoms with van der Waals surface area (Å²) in [6, 6.07) is 5.44. The first-order valence-corrected chi connectivity index (χ1v) is 6.96. The molecule has 0 radical (unpaired) electrons. The van der Waals surface area contributed by atoms with E-state index in [-0.39, 0.29) is 12.7 Å². The SMILES string of the molecule is OCc1ccc(OC2CCCSC2)c(Cl)c1. The lowest BCUT2D eigenvalue weighted by Crippen LogP contribution is -2.23. The molecule has 1 aliphatic heterocycles. The van der Waals surface area contributed by atoms with E-state index >= 15 is 0 Å². The maximum absolute atomic E-state index is 8.97. The van der Waals surface area contributed by atoms with Crippen LogP contribution in [0.2, 0.25) is 5.02 Å². The van der Waals surface area contributed by atoms with Crippen molar-refractivity contribution in [3.63, 3.8) is 0 Å². The number of rotatable bonds is 3. The van der Waals surface area contributed by atoms with Crippen molar-refractivity contribution in [2.75, 3.05) is 11.5 Å². The Bertz CT molecular complexity index is 351. The van der Waals surface area contributed by atoms with Crippen LogP contribution < -0.4 is 4.74 Å². The number of hydrogen-bond acceptors (Lipinski definition) is 3. The van der Waals surface area contributed by atoms with Gasteiger partial charge < -0.3 is 9.84 Å². The third-order valence-corrected chi connectivity index (χ3v) is 4.07. The van der Waals surface area contributed by atoms with Crippen LogP contribution in [-0.4, -0.2) is 22.7 Å². The summed E-state index contributed by atoms with van der Waals surface area (Å²) >= 11 is 8.01. The maximum Gasteiger partial charge on any atom is 0.138 e. The minimum atomic E-state index is 0.0132. The molecule has 0 amide bonds. The van der Waals surface area contributed by atoms with E-state index in [2.05, 4.69) is 0 Å². The van der Waals surface area contributed by atoms with Gasteiger partial charge in [0.15, 0.2) is 0 Å². The minimum absolute atomic E-state index is 0.0132. The second-order valence-electron chi connectivity index (χ2n) is 3.88. The smallest absolute Gasteiger partial charge is 0.138 e. The molecule has 1 heterocycles. The van der Waals surface area contributed by atoms with E-state index < -0.39 is 0 Å². The van der Waals surface area contributed by atoms with Crippen LogP contribution >= 0.6 is 23.4 Å². The zero-order chi connectivity index (χ0) is 11.4. The van der Waals surface area contributed by atoms with Gasteiger partial charge >= 0.3 is 0 Å². The van der Waals surface area contributed by atoms with Crippen LogP contribution in [0.25, 0.3) is 0 Å². The van der Waals surface area contributed by atoms with Crippen LogP contribution in [0, 0.1) is 0 Å². The number of ether oxygens (including phenoxy) is 1. The lowest BCUT2D eigenvalue weighted by molar-refractivity contribution is 0.211. The first kappa shape index (κ1) is 12.1. The third-order valence-electron chi connectivity index (χ3n) is 2.59. The van der Waals surface area contributed by atoms with Gasteiger partial charge in [-0.1, -0.05) is 17.7 Å². The number of halogens is 1. The lowest BCUT2D eigenvalue weighted by atomic mass is 10.2. The first-order valence-electron chi connectivity index (χ1n) is 5.43.